The van der Waals surface area contributed by atoms with E-state index < -0.39 is 10.0 Å². The SMILES string of the molecule is Cc1ccc(S(=O)(=O)N/N=C2/CC3CCC2CC3)cc1. The van der Waals surface area contributed by atoms with Gasteiger partial charge in [-0.1, -0.05) is 17.7 Å². The zero-order valence-electron chi connectivity index (χ0n) is 11.7. The fourth-order valence-electron chi connectivity index (χ4n) is 3.19. The second kappa shape index (κ2) is 5.20. The predicted octanol–water partition coefficient (Wildman–Crippen LogP) is 2.84. The molecule has 0 radical (unpaired) electrons. The Hall–Kier alpha value is -1.36. The van der Waals surface area contributed by atoms with Crippen LogP contribution in [-0.2, 0) is 10.0 Å². The van der Waals surface area contributed by atoms with Crippen LogP contribution in [0.4, 0.5) is 0 Å². The van der Waals surface area contributed by atoms with Crippen LogP contribution in [-0.4, -0.2) is 14.1 Å². The molecule has 3 saturated carbocycles. The molecule has 3 aliphatic rings. The van der Waals surface area contributed by atoms with Crippen molar-refractivity contribution in [1.82, 2.24) is 4.83 Å². The summed E-state index contributed by atoms with van der Waals surface area (Å²) in [5.41, 5.74) is 2.09. The quantitative estimate of drug-likeness (QED) is 0.871. The van der Waals surface area contributed by atoms with Crippen molar-refractivity contribution < 1.29 is 8.42 Å². The predicted molar refractivity (Wildman–Crippen MR) is 79.0 cm³/mol. The van der Waals surface area contributed by atoms with E-state index in [9.17, 15) is 8.42 Å². The molecular weight excluding hydrogens is 272 g/mol. The zero-order chi connectivity index (χ0) is 14.2. The van der Waals surface area contributed by atoms with Gasteiger partial charge in [-0.15, -0.1) is 0 Å². The maximum Gasteiger partial charge on any atom is 0.276 e. The molecule has 0 atom stereocenters. The Bertz CT molecular complexity index is 612. The lowest BCUT2D eigenvalue weighted by Gasteiger charge is -2.36. The van der Waals surface area contributed by atoms with Crippen molar-refractivity contribution in [2.24, 2.45) is 16.9 Å². The molecule has 20 heavy (non-hydrogen) atoms. The third-order valence-corrected chi connectivity index (χ3v) is 5.68. The van der Waals surface area contributed by atoms with Crippen LogP contribution in [0.15, 0.2) is 34.3 Å². The molecule has 3 aliphatic carbocycles. The summed E-state index contributed by atoms with van der Waals surface area (Å²) in [6, 6.07) is 6.82. The van der Waals surface area contributed by atoms with Gasteiger partial charge in [0.1, 0.15) is 0 Å². The Morgan fingerprint density at radius 2 is 1.75 bits per heavy atom. The number of nitrogens with one attached hydrogen (secondary N) is 1. The first-order valence-electron chi connectivity index (χ1n) is 7.19. The lowest BCUT2D eigenvalue weighted by atomic mass is 9.70. The number of hydrogen-bond acceptors (Lipinski definition) is 3. The zero-order valence-corrected chi connectivity index (χ0v) is 12.5. The smallest absolute Gasteiger partial charge is 0.200 e. The van der Waals surface area contributed by atoms with Crippen LogP contribution in [0.3, 0.4) is 0 Å². The average molecular weight is 292 g/mol. The lowest BCUT2D eigenvalue weighted by molar-refractivity contribution is 0.287. The number of hydrazone groups is 1. The Morgan fingerprint density at radius 3 is 2.30 bits per heavy atom. The lowest BCUT2D eigenvalue weighted by Crippen LogP contribution is -2.33. The molecule has 5 heteroatoms. The van der Waals surface area contributed by atoms with Crippen LogP contribution in [0.2, 0.25) is 0 Å². The van der Waals surface area contributed by atoms with Gasteiger partial charge in [0.05, 0.1) is 4.90 Å². The monoisotopic (exact) mass is 292 g/mol. The molecular formula is C15H20N2O2S. The molecule has 0 spiro atoms. The molecule has 0 heterocycles. The molecule has 0 aliphatic heterocycles. The van der Waals surface area contributed by atoms with Crippen LogP contribution in [0.1, 0.15) is 37.7 Å². The molecule has 108 valence electrons. The first-order valence-corrected chi connectivity index (χ1v) is 8.68. The van der Waals surface area contributed by atoms with Gasteiger partial charge in [0.2, 0.25) is 0 Å². The van der Waals surface area contributed by atoms with Crippen molar-refractivity contribution in [3.05, 3.63) is 29.8 Å². The Kier molecular flexibility index (Phi) is 3.54. The van der Waals surface area contributed by atoms with Gasteiger partial charge in [-0.05, 0) is 63.0 Å². The van der Waals surface area contributed by atoms with E-state index in [0.717, 1.165) is 30.5 Å². The summed E-state index contributed by atoms with van der Waals surface area (Å²) in [6.45, 7) is 1.93. The Balaban J connectivity index is 1.75. The Labute approximate surface area is 120 Å². The highest BCUT2D eigenvalue weighted by Crippen LogP contribution is 2.39. The van der Waals surface area contributed by atoms with Gasteiger partial charge >= 0.3 is 0 Å². The number of sulfonamides is 1. The third-order valence-electron chi connectivity index (χ3n) is 4.46. The van der Waals surface area contributed by atoms with Crippen LogP contribution in [0.25, 0.3) is 0 Å². The minimum atomic E-state index is -3.53. The van der Waals surface area contributed by atoms with Crippen molar-refractivity contribution in [1.29, 1.82) is 0 Å². The maximum absolute atomic E-state index is 12.2. The van der Waals surface area contributed by atoms with Crippen LogP contribution in [0, 0.1) is 18.8 Å². The minimum Gasteiger partial charge on any atom is -0.200 e. The van der Waals surface area contributed by atoms with Crippen molar-refractivity contribution in [2.45, 2.75) is 43.9 Å². The highest BCUT2D eigenvalue weighted by molar-refractivity contribution is 7.89. The van der Waals surface area contributed by atoms with E-state index in [2.05, 4.69) is 9.93 Å². The summed E-state index contributed by atoms with van der Waals surface area (Å²) in [4.78, 5) is 2.68. The van der Waals surface area contributed by atoms with E-state index in [1.54, 1.807) is 24.3 Å². The molecule has 2 bridgehead atoms. The first kappa shape index (κ1) is 13.6. The number of hydrogen-bond donors (Lipinski definition) is 1. The van der Waals surface area contributed by atoms with Gasteiger partial charge in [0.15, 0.2) is 0 Å². The van der Waals surface area contributed by atoms with Gasteiger partial charge in [-0.25, -0.2) is 4.83 Å². The molecule has 0 aromatic heterocycles. The summed E-state index contributed by atoms with van der Waals surface area (Å²) in [5, 5.41) is 4.22. The van der Waals surface area contributed by atoms with Gasteiger partial charge in [-0.3, -0.25) is 0 Å². The number of fused-ring (bicyclic) bond motifs is 3. The number of aryl methyl sites for hydroxylation is 1. The third kappa shape index (κ3) is 2.73. The molecule has 1 aromatic carbocycles. The fraction of sp³-hybridized carbons (Fsp3) is 0.533. The van der Waals surface area contributed by atoms with Gasteiger partial charge in [0, 0.05) is 5.71 Å². The molecule has 3 fully saturated rings. The number of benzene rings is 1. The normalized spacial score (nSPS) is 27.8. The molecule has 0 amide bonds. The highest BCUT2D eigenvalue weighted by atomic mass is 32.2. The van der Waals surface area contributed by atoms with Gasteiger partial charge < -0.3 is 0 Å². The molecule has 0 unspecified atom stereocenters. The fourth-order valence-corrected chi connectivity index (χ4v) is 4.03. The van der Waals surface area contributed by atoms with E-state index in [4.69, 9.17) is 0 Å². The van der Waals surface area contributed by atoms with Crippen LogP contribution in [0.5, 0.6) is 0 Å². The van der Waals surface area contributed by atoms with Crippen molar-refractivity contribution in [2.75, 3.05) is 0 Å². The van der Waals surface area contributed by atoms with Crippen molar-refractivity contribution in [3.8, 4) is 0 Å². The summed E-state index contributed by atoms with van der Waals surface area (Å²) >= 11 is 0. The van der Waals surface area contributed by atoms with Gasteiger partial charge in [-0.2, -0.15) is 13.5 Å². The van der Waals surface area contributed by atoms with E-state index >= 15 is 0 Å². The second-order valence-corrected chi connectivity index (χ2v) is 7.59. The van der Waals surface area contributed by atoms with Crippen LogP contribution >= 0.6 is 0 Å². The standard InChI is InChI=1S/C15H20N2O2S/c1-11-2-8-14(9-3-11)20(18,19)17-16-15-10-12-4-6-13(15)7-5-12/h2-3,8-9,12-13,17H,4-7,10H2,1H3/b16-15-. The molecule has 4 rings (SSSR count). The van der Waals surface area contributed by atoms with E-state index in [1.165, 1.54) is 12.8 Å². The van der Waals surface area contributed by atoms with E-state index in [0.29, 0.717) is 11.8 Å². The van der Waals surface area contributed by atoms with E-state index in [-0.39, 0.29) is 4.90 Å². The van der Waals surface area contributed by atoms with Crippen molar-refractivity contribution in [3.63, 3.8) is 0 Å². The summed E-state index contributed by atoms with van der Waals surface area (Å²) in [5.74, 6) is 1.20. The first-order chi connectivity index (χ1) is 9.54. The molecule has 1 N–H and O–H groups in total. The largest absolute Gasteiger partial charge is 0.276 e. The number of nitrogens with zero attached hydrogens (tertiary/aromatic N) is 1. The van der Waals surface area contributed by atoms with E-state index in [1.807, 2.05) is 6.92 Å². The average Bonchev–Trinajstić information content (AvgIpc) is 2.47. The number of rotatable bonds is 3. The summed E-state index contributed by atoms with van der Waals surface area (Å²) in [6.07, 6.45) is 5.83. The highest BCUT2D eigenvalue weighted by Gasteiger charge is 2.32. The minimum absolute atomic E-state index is 0.272. The molecule has 4 nitrogen and oxygen atoms in total. The van der Waals surface area contributed by atoms with Crippen LogP contribution < -0.4 is 4.83 Å². The maximum atomic E-state index is 12.2. The topological polar surface area (TPSA) is 58.5 Å². The molecule has 1 aromatic rings. The molecule has 0 saturated heterocycles. The van der Waals surface area contributed by atoms with Crippen molar-refractivity contribution >= 4 is 15.7 Å². The van der Waals surface area contributed by atoms with Gasteiger partial charge in [0.25, 0.3) is 10.0 Å². The summed E-state index contributed by atoms with van der Waals surface area (Å²) in [7, 11) is -3.53. The Morgan fingerprint density at radius 1 is 1.10 bits per heavy atom. The summed E-state index contributed by atoms with van der Waals surface area (Å²) < 4.78 is 24.3. The second-order valence-electron chi connectivity index (χ2n) is 5.93.